The molecule has 0 spiro atoms. The molecule has 0 atom stereocenters. The topological polar surface area (TPSA) is 139 Å². The molecule has 0 unspecified atom stereocenters. The van der Waals surface area contributed by atoms with Crippen molar-refractivity contribution in [2.45, 2.75) is 18.2 Å². The van der Waals surface area contributed by atoms with Gasteiger partial charge in [0.1, 0.15) is 5.75 Å². The molecule has 3 N–H and O–H groups in total. The quantitative estimate of drug-likeness (QED) is 0.474. The fraction of sp³-hybridized carbons (Fsp3) is 0.222. The first-order valence-corrected chi connectivity index (χ1v) is 10.2. The van der Waals surface area contributed by atoms with E-state index in [-0.39, 0.29) is 24.0 Å². The summed E-state index contributed by atoms with van der Waals surface area (Å²) < 4.78 is 32.9. The van der Waals surface area contributed by atoms with E-state index in [0.717, 1.165) is 5.56 Å². The standard InChI is InChI=1S/C18H20N6O4S/c1-13-5-2-3-8-16(13)29(26,27)19-10-9-14-6-4-7-15(11-14)28-12-17(25)20-18-21-23-24-22-18/h2-8,11,19H,9-10,12H2,1H3,(H2,20,21,22,23,24,25). The van der Waals surface area contributed by atoms with Crippen LogP contribution < -0.4 is 14.8 Å². The number of nitrogens with one attached hydrogen (secondary N) is 3. The summed E-state index contributed by atoms with van der Waals surface area (Å²) in [7, 11) is -3.57. The minimum absolute atomic E-state index is 0.0632. The summed E-state index contributed by atoms with van der Waals surface area (Å²) in [6, 6.07) is 13.9. The number of hydrogen-bond donors (Lipinski definition) is 3. The molecule has 0 aliphatic heterocycles. The van der Waals surface area contributed by atoms with E-state index in [1.165, 1.54) is 0 Å². The average molecular weight is 416 g/mol. The summed E-state index contributed by atoms with van der Waals surface area (Å²) in [6.45, 7) is 1.76. The molecular formula is C18H20N6O4S. The second kappa shape index (κ2) is 9.26. The zero-order chi connectivity index (χ0) is 20.7. The van der Waals surface area contributed by atoms with Gasteiger partial charge in [-0.15, -0.1) is 5.10 Å². The number of rotatable bonds is 9. The van der Waals surface area contributed by atoms with Crippen LogP contribution in [0.4, 0.5) is 5.95 Å². The minimum Gasteiger partial charge on any atom is -0.484 e. The van der Waals surface area contributed by atoms with Crippen molar-refractivity contribution < 1.29 is 17.9 Å². The molecule has 152 valence electrons. The zero-order valence-corrected chi connectivity index (χ0v) is 16.4. The lowest BCUT2D eigenvalue weighted by molar-refractivity contribution is -0.118. The Morgan fingerprint density at radius 2 is 2.00 bits per heavy atom. The van der Waals surface area contributed by atoms with Crippen LogP contribution in [0.1, 0.15) is 11.1 Å². The van der Waals surface area contributed by atoms with E-state index in [1.807, 2.05) is 6.07 Å². The van der Waals surface area contributed by atoms with Gasteiger partial charge in [0.2, 0.25) is 10.0 Å². The van der Waals surface area contributed by atoms with E-state index in [4.69, 9.17) is 4.74 Å². The number of carbonyl (C=O) groups is 1. The van der Waals surface area contributed by atoms with Crippen LogP contribution in [0.2, 0.25) is 0 Å². The van der Waals surface area contributed by atoms with Crippen molar-refractivity contribution in [1.29, 1.82) is 0 Å². The number of tetrazole rings is 1. The highest BCUT2D eigenvalue weighted by atomic mass is 32.2. The van der Waals surface area contributed by atoms with E-state index >= 15 is 0 Å². The van der Waals surface area contributed by atoms with E-state index < -0.39 is 15.9 Å². The molecule has 3 rings (SSSR count). The third-order valence-corrected chi connectivity index (χ3v) is 5.58. The molecular weight excluding hydrogens is 396 g/mol. The molecule has 0 saturated carbocycles. The number of benzene rings is 2. The van der Waals surface area contributed by atoms with Gasteiger partial charge in [0.15, 0.2) is 6.61 Å². The van der Waals surface area contributed by atoms with E-state index in [2.05, 4.69) is 30.7 Å². The van der Waals surface area contributed by atoms with Crippen molar-refractivity contribution in [3.8, 4) is 5.75 Å². The van der Waals surface area contributed by atoms with Crippen LogP contribution in [-0.2, 0) is 21.2 Å². The fourth-order valence-electron chi connectivity index (χ4n) is 2.58. The lowest BCUT2D eigenvalue weighted by Crippen LogP contribution is -2.26. The lowest BCUT2D eigenvalue weighted by Gasteiger charge is -2.10. The molecule has 0 aliphatic rings. The molecule has 0 bridgehead atoms. The molecule has 29 heavy (non-hydrogen) atoms. The monoisotopic (exact) mass is 416 g/mol. The summed E-state index contributed by atoms with van der Waals surface area (Å²) in [5.74, 6) is 0.128. The number of H-pyrrole nitrogens is 1. The van der Waals surface area contributed by atoms with Crippen molar-refractivity contribution in [3.05, 3.63) is 59.7 Å². The van der Waals surface area contributed by atoms with Gasteiger partial charge in [0.05, 0.1) is 4.90 Å². The molecule has 3 aromatic rings. The van der Waals surface area contributed by atoms with Crippen LogP contribution in [0.15, 0.2) is 53.4 Å². The van der Waals surface area contributed by atoms with Crippen molar-refractivity contribution in [3.63, 3.8) is 0 Å². The van der Waals surface area contributed by atoms with Gasteiger partial charge in [0.25, 0.3) is 11.9 Å². The number of ether oxygens (including phenoxy) is 1. The van der Waals surface area contributed by atoms with Gasteiger partial charge in [-0.1, -0.05) is 35.4 Å². The number of carbonyl (C=O) groups excluding carboxylic acids is 1. The molecule has 0 aliphatic carbocycles. The Morgan fingerprint density at radius 3 is 2.76 bits per heavy atom. The number of hydrogen-bond acceptors (Lipinski definition) is 7. The number of aromatic nitrogens is 4. The van der Waals surface area contributed by atoms with Crippen molar-refractivity contribution in [2.75, 3.05) is 18.5 Å². The third-order valence-electron chi connectivity index (χ3n) is 3.95. The fourth-order valence-corrected chi connectivity index (χ4v) is 3.86. The lowest BCUT2D eigenvalue weighted by atomic mass is 10.1. The molecule has 0 radical (unpaired) electrons. The summed E-state index contributed by atoms with van der Waals surface area (Å²) in [6.07, 6.45) is 0.470. The van der Waals surface area contributed by atoms with Gasteiger partial charge in [-0.3, -0.25) is 10.1 Å². The predicted molar refractivity (Wildman–Crippen MR) is 105 cm³/mol. The maximum atomic E-state index is 12.4. The summed E-state index contributed by atoms with van der Waals surface area (Å²) >= 11 is 0. The van der Waals surface area contributed by atoms with Gasteiger partial charge in [-0.25, -0.2) is 13.1 Å². The summed E-state index contributed by atoms with van der Waals surface area (Å²) in [5.41, 5.74) is 1.56. The van der Waals surface area contributed by atoms with E-state index in [0.29, 0.717) is 17.7 Å². The van der Waals surface area contributed by atoms with Crippen LogP contribution in [0.5, 0.6) is 5.75 Å². The maximum Gasteiger partial charge on any atom is 0.269 e. The molecule has 10 nitrogen and oxygen atoms in total. The smallest absolute Gasteiger partial charge is 0.269 e. The maximum absolute atomic E-state index is 12.4. The Morgan fingerprint density at radius 1 is 1.17 bits per heavy atom. The second-order valence-electron chi connectivity index (χ2n) is 6.13. The van der Waals surface area contributed by atoms with Gasteiger partial charge < -0.3 is 4.74 Å². The van der Waals surface area contributed by atoms with Crippen LogP contribution in [-0.4, -0.2) is 48.1 Å². The second-order valence-corrected chi connectivity index (χ2v) is 7.87. The highest BCUT2D eigenvalue weighted by Gasteiger charge is 2.15. The molecule has 0 fully saturated rings. The number of aromatic amines is 1. The molecule has 1 amide bonds. The molecule has 1 heterocycles. The SMILES string of the molecule is Cc1ccccc1S(=O)(=O)NCCc1cccc(OCC(=O)Nc2nn[nH]n2)c1. The van der Waals surface area contributed by atoms with Gasteiger partial charge in [-0.05, 0) is 47.9 Å². The highest BCUT2D eigenvalue weighted by molar-refractivity contribution is 7.89. The molecule has 11 heteroatoms. The molecule has 2 aromatic carbocycles. The number of anilines is 1. The normalized spacial score (nSPS) is 11.2. The van der Waals surface area contributed by atoms with Crippen molar-refractivity contribution in [2.24, 2.45) is 0 Å². The van der Waals surface area contributed by atoms with Crippen LogP contribution >= 0.6 is 0 Å². The van der Waals surface area contributed by atoms with Gasteiger partial charge in [0, 0.05) is 6.54 Å². The minimum atomic E-state index is -3.57. The van der Waals surface area contributed by atoms with Crippen LogP contribution in [0.3, 0.4) is 0 Å². The van der Waals surface area contributed by atoms with Crippen LogP contribution in [0.25, 0.3) is 0 Å². The number of aryl methyl sites for hydroxylation is 1. The predicted octanol–water partition coefficient (Wildman–Crippen LogP) is 1.05. The van der Waals surface area contributed by atoms with Crippen molar-refractivity contribution in [1.82, 2.24) is 25.3 Å². The van der Waals surface area contributed by atoms with Crippen LogP contribution in [0, 0.1) is 6.92 Å². The number of nitrogens with zero attached hydrogens (tertiary/aromatic N) is 3. The van der Waals surface area contributed by atoms with Crippen molar-refractivity contribution >= 4 is 21.9 Å². The van der Waals surface area contributed by atoms with E-state index in [9.17, 15) is 13.2 Å². The van der Waals surface area contributed by atoms with E-state index in [1.54, 1.807) is 49.4 Å². The van der Waals surface area contributed by atoms with Gasteiger partial charge >= 0.3 is 0 Å². The first-order chi connectivity index (χ1) is 13.9. The summed E-state index contributed by atoms with van der Waals surface area (Å²) in [4.78, 5) is 12.0. The molecule has 0 saturated heterocycles. The first-order valence-electron chi connectivity index (χ1n) is 8.74. The number of sulfonamides is 1. The Hall–Kier alpha value is -3.31. The summed E-state index contributed by atoms with van der Waals surface area (Å²) in [5, 5.41) is 15.2. The Bertz CT molecular complexity index is 1070. The zero-order valence-electron chi connectivity index (χ0n) is 15.6. The number of amides is 1. The molecule has 1 aromatic heterocycles. The first kappa shape index (κ1) is 20.4. The highest BCUT2D eigenvalue weighted by Crippen LogP contribution is 2.15. The average Bonchev–Trinajstić information content (AvgIpc) is 3.20. The third kappa shape index (κ3) is 5.83. The Labute approximate surface area is 167 Å². The Kier molecular flexibility index (Phi) is 6.52. The largest absolute Gasteiger partial charge is 0.484 e. The van der Waals surface area contributed by atoms with Gasteiger partial charge in [-0.2, -0.15) is 5.21 Å². The Balaban J connectivity index is 1.51.